The normalized spacial score (nSPS) is 19.3. The molecule has 1 aliphatic heterocycles. The molecule has 0 bridgehead atoms. The van der Waals surface area contributed by atoms with E-state index in [0.29, 0.717) is 12.3 Å². The number of methoxy groups -OCH3 is 1. The van der Waals surface area contributed by atoms with Crippen molar-refractivity contribution in [2.45, 2.75) is 32.1 Å². The largest absolute Gasteiger partial charge is 0.496 e. The lowest BCUT2D eigenvalue weighted by Gasteiger charge is -2.09. The molecule has 7 nitrogen and oxygen atoms in total. The molecule has 140 valence electrons. The lowest BCUT2D eigenvalue weighted by molar-refractivity contribution is -0.135. The molecule has 1 aromatic rings. The van der Waals surface area contributed by atoms with Crippen LogP contribution in [-0.4, -0.2) is 24.0 Å². The van der Waals surface area contributed by atoms with E-state index in [2.05, 4.69) is 20.7 Å². The smallest absolute Gasteiger partial charge is 0.243 e. The highest BCUT2D eigenvalue weighted by Gasteiger charge is 2.18. The lowest BCUT2D eigenvalue weighted by atomic mass is 10.1. The average Bonchev–Trinajstić information content (AvgIpc) is 3.05. The van der Waals surface area contributed by atoms with Gasteiger partial charge in [0.25, 0.3) is 0 Å². The topological polar surface area (TPSA) is 89.1 Å². The summed E-state index contributed by atoms with van der Waals surface area (Å²) in [5.74, 6) is 1.86. The van der Waals surface area contributed by atoms with Crippen molar-refractivity contribution in [3.8, 4) is 5.75 Å². The van der Waals surface area contributed by atoms with Gasteiger partial charge in [-0.3, -0.25) is 14.7 Å². The molecule has 2 rings (SSSR count). The quantitative estimate of drug-likeness (QED) is 0.156. The van der Waals surface area contributed by atoms with Crippen molar-refractivity contribution in [3.63, 3.8) is 0 Å². The SMILES string of the molecule is COc1ccc(Br)cc1/C=C1/N[SH](CCCCCCC(=O)NO)OO1. The fourth-order valence-electron chi connectivity index (χ4n) is 2.30. The Labute approximate surface area is 158 Å². The number of nitrogens with one attached hydrogen (secondary N) is 2. The highest BCUT2D eigenvalue weighted by molar-refractivity contribution is 9.10. The lowest BCUT2D eigenvalue weighted by Crippen LogP contribution is -2.17. The maximum atomic E-state index is 10.9. The molecule has 0 spiro atoms. The molecule has 0 aliphatic carbocycles. The van der Waals surface area contributed by atoms with Gasteiger partial charge in [-0.05, 0) is 42.4 Å². The van der Waals surface area contributed by atoms with E-state index in [-0.39, 0.29) is 5.91 Å². The summed E-state index contributed by atoms with van der Waals surface area (Å²) >= 11 is 2.59. The van der Waals surface area contributed by atoms with Crippen LogP contribution in [0.15, 0.2) is 28.6 Å². The van der Waals surface area contributed by atoms with E-state index >= 15 is 0 Å². The van der Waals surface area contributed by atoms with E-state index < -0.39 is 11.4 Å². The van der Waals surface area contributed by atoms with E-state index in [0.717, 1.165) is 47.2 Å². The van der Waals surface area contributed by atoms with E-state index in [1.165, 1.54) is 0 Å². The Kier molecular flexibility index (Phi) is 8.39. The summed E-state index contributed by atoms with van der Waals surface area (Å²) in [5.41, 5.74) is 2.53. The van der Waals surface area contributed by atoms with Crippen LogP contribution in [0, 0.1) is 0 Å². The van der Waals surface area contributed by atoms with Crippen molar-refractivity contribution in [1.29, 1.82) is 0 Å². The number of amides is 1. The fourth-order valence-corrected chi connectivity index (χ4v) is 3.94. The number of unbranched alkanes of at least 4 members (excludes halogenated alkanes) is 3. The molecule has 0 aromatic heterocycles. The van der Waals surface area contributed by atoms with Crippen molar-refractivity contribution in [2.75, 3.05) is 12.9 Å². The van der Waals surface area contributed by atoms with Crippen LogP contribution in [0.2, 0.25) is 0 Å². The number of carbonyl (C=O) groups is 1. The first-order chi connectivity index (χ1) is 12.1. The highest BCUT2D eigenvalue weighted by Crippen LogP contribution is 2.35. The summed E-state index contributed by atoms with van der Waals surface area (Å²) in [6.45, 7) is 0. The van der Waals surface area contributed by atoms with Gasteiger partial charge in [0, 0.05) is 28.3 Å². The maximum absolute atomic E-state index is 10.9. The highest BCUT2D eigenvalue weighted by atomic mass is 79.9. The zero-order valence-electron chi connectivity index (χ0n) is 14.0. The monoisotopic (exact) mass is 434 g/mol. The van der Waals surface area contributed by atoms with Crippen LogP contribution >= 0.6 is 27.3 Å². The van der Waals surface area contributed by atoms with Crippen LogP contribution in [0.1, 0.15) is 37.7 Å². The summed E-state index contributed by atoms with van der Waals surface area (Å²) < 4.78 is 14.9. The predicted octanol–water partition coefficient (Wildman–Crippen LogP) is 3.59. The third kappa shape index (κ3) is 6.77. The second kappa shape index (κ2) is 10.5. The van der Waals surface area contributed by atoms with Crippen molar-refractivity contribution < 1.29 is 24.0 Å². The molecule has 0 radical (unpaired) electrons. The minimum absolute atomic E-state index is 0.337. The third-order valence-electron chi connectivity index (χ3n) is 3.57. The maximum Gasteiger partial charge on any atom is 0.243 e. The van der Waals surface area contributed by atoms with Gasteiger partial charge in [0.2, 0.25) is 11.8 Å². The molecule has 1 saturated heterocycles. The van der Waals surface area contributed by atoms with Gasteiger partial charge in [-0.25, -0.2) is 5.48 Å². The third-order valence-corrected chi connectivity index (χ3v) is 5.51. The van der Waals surface area contributed by atoms with Crippen LogP contribution in [0.4, 0.5) is 0 Å². The van der Waals surface area contributed by atoms with Gasteiger partial charge in [-0.15, -0.1) is 4.33 Å². The van der Waals surface area contributed by atoms with Gasteiger partial charge in [0.15, 0.2) is 0 Å². The van der Waals surface area contributed by atoms with Crippen molar-refractivity contribution in [2.24, 2.45) is 0 Å². The zero-order chi connectivity index (χ0) is 18.1. The fraction of sp³-hybridized carbons (Fsp3) is 0.438. The average molecular weight is 435 g/mol. The van der Waals surface area contributed by atoms with Crippen LogP contribution in [0.25, 0.3) is 6.08 Å². The van der Waals surface area contributed by atoms with Crippen LogP contribution < -0.4 is 14.9 Å². The molecule has 1 heterocycles. The molecule has 25 heavy (non-hydrogen) atoms. The van der Waals surface area contributed by atoms with E-state index in [4.69, 9.17) is 19.2 Å². The molecule has 1 unspecified atom stereocenters. The Morgan fingerprint density at radius 3 is 2.96 bits per heavy atom. The van der Waals surface area contributed by atoms with Crippen LogP contribution in [0.5, 0.6) is 5.75 Å². The van der Waals surface area contributed by atoms with Crippen molar-refractivity contribution in [3.05, 3.63) is 34.1 Å². The van der Waals surface area contributed by atoms with Gasteiger partial charge in [-0.1, -0.05) is 28.8 Å². The molecular formula is C16H23BrN2O5S. The predicted molar refractivity (Wildman–Crippen MR) is 101 cm³/mol. The van der Waals surface area contributed by atoms with Crippen molar-refractivity contribution >= 4 is 39.3 Å². The molecular weight excluding hydrogens is 412 g/mol. The Morgan fingerprint density at radius 1 is 1.40 bits per heavy atom. The van der Waals surface area contributed by atoms with Gasteiger partial charge < -0.3 is 9.62 Å². The molecule has 1 amide bonds. The molecule has 3 N–H and O–H groups in total. The van der Waals surface area contributed by atoms with Crippen LogP contribution in [0.3, 0.4) is 0 Å². The van der Waals surface area contributed by atoms with E-state index in [9.17, 15) is 4.79 Å². The van der Waals surface area contributed by atoms with E-state index in [1.54, 1.807) is 12.6 Å². The number of hydrogen-bond donors (Lipinski definition) is 4. The molecule has 1 aliphatic rings. The summed E-state index contributed by atoms with van der Waals surface area (Å²) in [5, 5.41) is 8.41. The number of carbonyl (C=O) groups excluding carboxylic acids is 1. The first-order valence-corrected chi connectivity index (χ1v) is 10.2. The number of hydrogen-bond acceptors (Lipinski definition) is 6. The standard InChI is InChI=1S/C16H23BrN2O5S/c1-22-14-8-7-13(17)10-12(14)11-16-19-25(24-23-16)9-5-3-2-4-6-15(20)18-21/h7-8,10-11,19,21,25H,2-6,9H2,1H3,(H,18,20)/b16-11-. The Hall–Kier alpha value is -1.42. The Morgan fingerprint density at radius 2 is 2.20 bits per heavy atom. The Balaban J connectivity index is 1.73. The van der Waals surface area contributed by atoms with Gasteiger partial charge in [-0.2, -0.15) is 0 Å². The zero-order valence-corrected chi connectivity index (χ0v) is 16.4. The molecule has 9 heteroatoms. The van der Waals surface area contributed by atoms with Gasteiger partial charge >= 0.3 is 0 Å². The molecule has 1 aromatic carbocycles. The first kappa shape index (κ1) is 19.9. The Bertz CT molecular complexity index is 614. The summed E-state index contributed by atoms with van der Waals surface area (Å²) in [7, 11) is 1.63. The number of hydroxylamine groups is 1. The first-order valence-electron chi connectivity index (χ1n) is 7.99. The second-order valence-electron chi connectivity index (χ2n) is 5.47. The van der Waals surface area contributed by atoms with Crippen LogP contribution in [-0.2, 0) is 14.0 Å². The minimum Gasteiger partial charge on any atom is -0.496 e. The number of ether oxygens (including phenoxy) is 1. The number of benzene rings is 1. The minimum atomic E-state index is -0.851. The van der Waals surface area contributed by atoms with Gasteiger partial charge in [0.05, 0.1) is 7.11 Å². The van der Waals surface area contributed by atoms with Gasteiger partial charge in [0.1, 0.15) is 5.75 Å². The van der Waals surface area contributed by atoms with Crippen molar-refractivity contribution in [1.82, 2.24) is 10.2 Å². The molecule has 0 saturated carbocycles. The number of rotatable bonds is 9. The number of thiol groups is 1. The van der Waals surface area contributed by atoms with E-state index in [1.807, 2.05) is 24.3 Å². The summed E-state index contributed by atoms with van der Waals surface area (Å²) in [6.07, 6.45) is 5.89. The number of halogens is 1. The molecule has 1 atom stereocenters. The summed E-state index contributed by atoms with van der Waals surface area (Å²) in [6, 6.07) is 5.74. The summed E-state index contributed by atoms with van der Waals surface area (Å²) in [4.78, 5) is 16.1. The molecule has 1 fully saturated rings. The second-order valence-corrected chi connectivity index (χ2v) is 7.96.